The molecule has 3 rings (SSSR count). The molecule has 0 aliphatic heterocycles. The maximum Gasteiger partial charge on any atom is 0.265 e. The smallest absolute Gasteiger partial charge is 0.265 e. The molecule has 0 fully saturated rings. The molecule has 0 saturated heterocycles. The van der Waals surface area contributed by atoms with E-state index in [1.54, 1.807) is 42.7 Å². The van der Waals surface area contributed by atoms with Crippen LogP contribution in [-0.2, 0) is 13.1 Å². The molecule has 0 atom stereocenters. The fraction of sp³-hybridized carbons (Fsp3) is 0.214. The Hall–Kier alpha value is -2.63. The van der Waals surface area contributed by atoms with Crippen LogP contribution >= 0.6 is 0 Å². The summed E-state index contributed by atoms with van der Waals surface area (Å²) in [5.41, 5.74) is 0.556. The summed E-state index contributed by atoms with van der Waals surface area (Å²) in [5.74, 6) is 0.553. The minimum Gasteiger partial charge on any atom is -0.496 e. The number of aromatic nitrogens is 4. The lowest BCUT2D eigenvalue weighted by atomic mass is 10.2. The van der Waals surface area contributed by atoms with Gasteiger partial charge >= 0.3 is 0 Å². The van der Waals surface area contributed by atoms with Gasteiger partial charge in [-0.1, -0.05) is 6.07 Å². The van der Waals surface area contributed by atoms with Crippen molar-refractivity contribution < 1.29 is 4.74 Å². The van der Waals surface area contributed by atoms with Gasteiger partial charge in [-0.2, -0.15) is 0 Å². The molecule has 1 aromatic carbocycles. The topological polar surface area (TPSA) is 61.9 Å². The van der Waals surface area contributed by atoms with E-state index in [-0.39, 0.29) is 5.56 Å². The fourth-order valence-electron chi connectivity index (χ4n) is 2.14. The van der Waals surface area contributed by atoms with E-state index in [1.807, 2.05) is 16.8 Å². The zero-order chi connectivity index (χ0) is 13.9. The van der Waals surface area contributed by atoms with Crippen molar-refractivity contribution in [2.75, 3.05) is 7.11 Å². The fourth-order valence-corrected chi connectivity index (χ4v) is 2.14. The molecule has 0 aliphatic rings. The molecule has 0 unspecified atom stereocenters. The van der Waals surface area contributed by atoms with Gasteiger partial charge in [-0.15, -0.1) is 0 Å². The quantitative estimate of drug-likeness (QED) is 0.717. The Labute approximate surface area is 115 Å². The van der Waals surface area contributed by atoms with Crippen LogP contribution in [0, 0.1) is 0 Å². The Balaban J connectivity index is 2.00. The van der Waals surface area contributed by atoms with Gasteiger partial charge in [0.05, 0.1) is 25.3 Å². The highest BCUT2D eigenvalue weighted by atomic mass is 16.5. The van der Waals surface area contributed by atoms with Crippen molar-refractivity contribution in [3.63, 3.8) is 0 Å². The summed E-state index contributed by atoms with van der Waals surface area (Å²) in [6.07, 6.45) is 6.87. The second-order valence-electron chi connectivity index (χ2n) is 4.40. The highest BCUT2D eigenvalue weighted by Gasteiger charge is 2.09. The molecule has 102 valence electrons. The molecule has 0 radical (unpaired) electrons. The highest BCUT2D eigenvalue weighted by Crippen LogP contribution is 2.19. The molecule has 3 aromatic rings. The van der Waals surface area contributed by atoms with Gasteiger partial charge in [-0.3, -0.25) is 9.36 Å². The molecule has 6 heteroatoms. The van der Waals surface area contributed by atoms with Gasteiger partial charge in [0.25, 0.3) is 5.56 Å². The standard InChI is InChI=1S/C14H14N4O2/c1-20-12-4-2-3-11-13(12)14(19)18(10-16-11)8-7-17-6-5-15-9-17/h2-6,9-10H,7-8H2,1H3. The number of ether oxygens (including phenoxy) is 1. The third-order valence-corrected chi connectivity index (χ3v) is 3.19. The minimum atomic E-state index is -0.0902. The molecule has 20 heavy (non-hydrogen) atoms. The summed E-state index contributed by atoms with van der Waals surface area (Å²) in [4.78, 5) is 20.8. The van der Waals surface area contributed by atoms with E-state index in [1.165, 1.54) is 0 Å². The number of benzene rings is 1. The van der Waals surface area contributed by atoms with Crippen LogP contribution in [0.5, 0.6) is 5.75 Å². The third kappa shape index (κ3) is 2.16. The normalized spacial score (nSPS) is 10.8. The van der Waals surface area contributed by atoms with Gasteiger partial charge in [0.2, 0.25) is 0 Å². The number of aryl methyl sites for hydroxylation is 2. The summed E-state index contributed by atoms with van der Waals surface area (Å²) in [7, 11) is 1.55. The Morgan fingerprint density at radius 1 is 1.25 bits per heavy atom. The second kappa shape index (κ2) is 5.16. The van der Waals surface area contributed by atoms with Gasteiger partial charge < -0.3 is 9.30 Å². The molecule has 0 N–H and O–H groups in total. The van der Waals surface area contributed by atoms with Gasteiger partial charge in [0, 0.05) is 25.5 Å². The first-order valence-electron chi connectivity index (χ1n) is 6.27. The van der Waals surface area contributed by atoms with Crippen molar-refractivity contribution in [1.82, 2.24) is 19.1 Å². The molecular formula is C14H14N4O2. The predicted molar refractivity (Wildman–Crippen MR) is 74.8 cm³/mol. The zero-order valence-corrected chi connectivity index (χ0v) is 11.1. The molecule has 0 saturated carbocycles. The SMILES string of the molecule is COc1cccc2ncn(CCn3ccnc3)c(=O)c12. The van der Waals surface area contributed by atoms with Crippen molar-refractivity contribution in [1.29, 1.82) is 0 Å². The lowest BCUT2D eigenvalue weighted by molar-refractivity contribution is 0.419. The summed E-state index contributed by atoms with van der Waals surface area (Å²) in [5, 5.41) is 0.517. The molecule has 6 nitrogen and oxygen atoms in total. The summed E-state index contributed by atoms with van der Waals surface area (Å²) >= 11 is 0. The maximum absolute atomic E-state index is 12.5. The van der Waals surface area contributed by atoms with Gasteiger partial charge in [0.1, 0.15) is 11.1 Å². The number of nitrogens with zero attached hydrogens (tertiary/aromatic N) is 4. The summed E-state index contributed by atoms with van der Waals surface area (Å²) in [6, 6.07) is 5.40. The number of hydrogen-bond donors (Lipinski definition) is 0. The first-order valence-corrected chi connectivity index (χ1v) is 6.27. The molecule has 0 bridgehead atoms. The monoisotopic (exact) mass is 270 g/mol. The van der Waals surface area contributed by atoms with Crippen LogP contribution in [0.2, 0.25) is 0 Å². The Kier molecular flexibility index (Phi) is 3.20. The molecule has 0 aliphatic carbocycles. The Morgan fingerprint density at radius 2 is 2.15 bits per heavy atom. The van der Waals surface area contributed by atoms with Crippen LogP contribution < -0.4 is 10.3 Å². The van der Waals surface area contributed by atoms with Crippen LogP contribution in [0.4, 0.5) is 0 Å². The van der Waals surface area contributed by atoms with E-state index in [9.17, 15) is 4.79 Å². The van der Waals surface area contributed by atoms with Crippen molar-refractivity contribution in [2.45, 2.75) is 13.1 Å². The Bertz CT molecular complexity index is 777. The largest absolute Gasteiger partial charge is 0.496 e. The first kappa shape index (κ1) is 12.4. The van der Waals surface area contributed by atoms with E-state index >= 15 is 0 Å². The van der Waals surface area contributed by atoms with Crippen LogP contribution in [0.15, 0.2) is 48.0 Å². The third-order valence-electron chi connectivity index (χ3n) is 3.19. The van der Waals surface area contributed by atoms with E-state index in [4.69, 9.17) is 4.74 Å². The van der Waals surface area contributed by atoms with Gasteiger partial charge in [-0.25, -0.2) is 9.97 Å². The van der Waals surface area contributed by atoms with Crippen molar-refractivity contribution in [3.05, 3.63) is 53.6 Å². The Morgan fingerprint density at radius 3 is 2.90 bits per heavy atom. The van der Waals surface area contributed by atoms with Gasteiger partial charge in [0.15, 0.2) is 0 Å². The summed E-state index contributed by atoms with van der Waals surface area (Å²) in [6.45, 7) is 1.21. The van der Waals surface area contributed by atoms with Crippen molar-refractivity contribution >= 4 is 10.9 Å². The molecular weight excluding hydrogens is 256 g/mol. The van der Waals surface area contributed by atoms with Gasteiger partial charge in [-0.05, 0) is 12.1 Å². The van der Waals surface area contributed by atoms with E-state index < -0.39 is 0 Å². The number of rotatable bonds is 4. The van der Waals surface area contributed by atoms with E-state index in [0.717, 1.165) is 0 Å². The zero-order valence-electron chi connectivity index (χ0n) is 11.1. The first-order chi connectivity index (χ1) is 9.79. The molecule has 0 amide bonds. The highest BCUT2D eigenvalue weighted by molar-refractivity contribution is 5.83. The lowest BCUT2D eigenvalue weighted by Crippen LogP contribution is -2.23. The molecule has 0 spiro atoms. The van der Waals surface area contributed by atoms with E-state index in [0.29, 0.717) is 29.7 Å². The maximum atomic E-state index is 12.5. The predicted octanol–water partition coefficient (Wildman–Crippen LogP) is 1.30. The number of hydrogen-bond acceptors (Lipinski definition) is 4. The average Bonchev–Trinajstić information content (AvgIpc) is 2.99. The van der Waals surface area contributed by atoms with Crippen molar-refractivity contribution in [2.24, 2.45) is 0 Å². The molecule has 2 heterocycles. The number of methoxy groups -OCH3 is 1. The van der Waals surface area contributed by atoms with Crippen LogP contribution in [0.25, 0.3) is 10.9 Å². The lowest BCUT2D eigenvalue weighted by Gasteiger charge is -2.09. The number of imidazole rings is 1. The molecule has 2 aromatic heterocycles. The average molecular weight is 270 g/mol. The second-order valence-corrected chi connectivity index (χ2v) is 4.40. The van der Waals surface area contributed by atoms with Crippen molar-refractivity contribution in [3.8, 4) is 5.75 Å². The van der Waals surface area contributed by atoms with Crippen LogP contribution in [-0.4, -0.2) is 26.2 Å². The van der Waals surface area contributed by atoms with Crippen LogP contribution in [0.3, 0.4) is 0 Å². The summed E-state index contributed by atoms with van der Waals surface area (Å²) < 4.78 is 8.75. The number of fused-ring (bicyclic) bond motifs is 1. The van der Waals surface area contributed by atoms with Crippen LogP contribution in [0.1, 0.15) is 0 Å². The van der Waals surface area contributed by atoms with E-state index in [2.05, 4.69) is 9.97 Å². The minimum absolute atomic E-state index is 0.0902.